The van der Waals surface area contributed by atoms with Gasteiger partial charge in [-0.15, -0.1) is 0 Å². The second kappa shape index (κ2) is 6.92. The van der Waals surface area contributed by atoms with Gasteiger partial charge in [0.25, 0.3) is 0 Å². The molecule has 3 aromatic heterocycles. The number of nitrogens with zero attached hydrogens (tertiary/aromatic N) is 4. The summed E-state index contributed by atoms with van der Waals surface area (Å²) < 4.78 is 0. The van der Waals surface area contributed by atoms with Gasteiger partial charge in [-0.1, -0.05) is 30.3 Å². The van der Waals surface area contributed by atoms with Crippen molar-refractivity contribution in [1.29, 1.82) is 0 Å². The van der Waals surface area contributed by atoms with Crippen LogP contribution in [0.15, 0.2) is 85.3 Å². The van der Waals surface area contributed by atoms with Crippen molar-refractivity contribution in [3.05, 3.63) is 85.3 Å². The molecule has 2 aromatic carbocycles. The minimum absolute atomic E-state index is 0.529. The second-order valence-corrected chi connectivity index (χ2v) is 6.32. The normalized spacial score (nSPS) is 10.9. The van der Waals surface area contributed by atoms with Crippen LogP contribution in [0.3, 0.4) is 0 Å². The Kier molecular flexibility index (Phi) is 3.99. The first-order valence-electron chi connectivity index (χ1n) is 8.91. The van der Waals surface area contributed by atoms with Crippen LogP contribution in [0.25, 0.3) is 33.7 Å². The Morgan fingerprint density at radius 1 is 0.750 bits per heavy atom. The number of fused-ring (bicyclic) bond motifs is 1. The zero-order valence-corrected chi connectivity index (χ0v) is 14.9. The summed E-state index contributed by atoms with van der Waals surface area (Å²) in [6, 6.07) is 21.7. The molecule has 6 nitrogen and oxygen atoms in total. The summed E-state index contributed by atoms with van der Waals surface area (Å²) in [5.74, 6) is 1.36. The predicted molar refractivity (Wildman–Crippen MR) is 110 cm³/mol. The largest absolute Gasteiger partial charge is 0.338 e. The van der Waals surface area contributed by atoms with E-state index in [1.807, 2.05) is 66.7 Å². The van der Waals surface area contributed by atoms with Gasteiger partial charge in [0.1, 0.15) is 5.82 Å². The van der Waals surface area contributed by atoms with Crippen molar-refractivity contribution in [2.24, 2.45) is 0 Å². The molecule has 0 unspecified atom stereocenters. The van der Waals surface area contributed by atoms with Gasteiger partial charge in [-0.2, -0.15) is 0 Å². The average Bonchev–Trinajstić information content (AvgIpc) is 3.20. The average molecular weight is 364 g/mol. The van der Waals surface area contributed by atoms with Gasteiger partial charge in [-0.3, -0.25) is 4.98 Å². The standard InChI is InChI=1S/C22H16N6/c1-2-10-20-19(9-1)27-21(28-20)15-6-5-7-17(12-15)26-22-24-13-16(14-25-22)18-8-3-4-11-23-18/h1-14H,(H,27,28)(H,24,25,26). The summed E-state index contributed by atoms with van der Waals surface area (Å²) >= 11 is 0. The molecule has 0 aliphatic rings. The number of hydrogen-bond donors (Lipinski definition) is 2. The van der Waals surface area contributed by atoms with Crippen molar-refractivity contribution < 1.29 is 0 Å². The third-order valence-corrected chi connectivity index (χ3v) is 4.39. The van der Waals surface area contributed by atoms with Crippen LogP contribution >= 0.6 is 0 Å². The van der Waals surface area contributed by atoms with Crippen molar-refractivity contribution in [2.75, 3.05) is 5.32 Å². The van der Waals surface area contributed by atoms with Crippen LogP contribution in [0, 0.1) is 0 Å². The lowest BCUT2D eigenvalue weighted by Crippen LogP contribution is -1.97. The number of pyridine rings is 1. The number of hydrogen-bond acceptors (Lipinski definition) is 5. The van der Waals surface area contributed by atoms with Crippen LogP contribution in [0.4, 0.5) is 11.6 Å². The molecule has 3 heterocycles. The van der Waals surface area contributed by atoms with Gasteiger partial charge in [-0.25, -0.2) is 15.0 Å². The summed E-state index contributed by atoms with van der Waals surface area (Å²) in [4.78, 5) is 21.1. The SMILES string of the molecule is c1ccc(-c2cnc(Nc3cccc(-c4nc5ccccc5[nH]4)c3)nc2)nc1. The van der Waals surface area contributed by atoms with Crippen molar-refractivity contribution in [2.45, 2.75) is 0 Å². The summed E-state index contributed by atoms with van der Waals surface area (Å²) in [5.41, 5.74) is 5.58. The van der Waals surface area contributed by atoms with E-state index in [-0.39, 0.29) is 0 Å². The van der Waals surface area contributed by atoms with E-state index in [1.54, 1.807) is 18.6 Å². The van der Waals surface area contributed by atoms with Crippen molar-refractivity contribution >= 4 is 22.7 Å². The number of benzene rings is 2. The number of aromatic nitrogens is 5. The lowest BCUT2D eigenvalue weighted by Gasteiger charge is -2.07. The van der Waals surface area contributed by atoms with Crippen LogP contribution in [0.1, 0.15) is 0 Å². The molecule has 0 atom stereocenters. The van der Waals surface area contributed by atoms with Crippen molar-refractivity contribution in [3.63, 3.8) is 0 Å². The number of H-pyrrole nitrogens is 1. The van der Waals surface area contributed by atoms with E-state index < -0.39 is 0 Å². The predicted octanol–water partition coefficient (Wildman–Crippen LogP) is 4.83. The first kappa shape index (κ1) is 16.1. The summed E-state index contributed by atoms with van der Waals surface area (Å²) in [6.07, 6.45) is 5.28. The van der Waals surface area contributed by atoms with E-state index in [4.69, 9.17) is 0 Å². The quantitative estimate of drug-likeness (QED) is 0.478. The third-order valence-electron chi connectivity index (χ3n) is 4.39. The molecule has 0 saturated carbocycles. The van der Waals surface area contributed by atoms with E-state index in [0.717, 1.165) is 39.4 Å². The first-order chi connectivity index (χ1) is 13.8. The molecule has 28 heavy (non-hydrogen) atoms. The smallest absolute Gasteiger partial charge is 0.227 e. The highest BCUT2D eigenvalue weighted by molar-refractivity contribution is 5.80. The molecule has 0 aliphatic carbocycles. The number of para-hydroxylation sites is 2. The van der Waals surface area contributed by atoms with Gasteiger partial charge in [0.15, 0.2) is 0 Å². The molecule has 0 spiro atoms. The topological polar surface area (TPSA) is 79.4 Å². The maximum Gasteiger partial charge on any atom is 0.227 e. The van der Waals surface area contributed by atoms with Crippen LogP contribution in [0.2, 0.25) is 0 Å². The van der Waals surface area contributed by atoms with Gasteiger partial charge in [0.2, 0.25) is 5.95 Å². The highest BCUT2D eigenvalue weighted by Gasteiger charge is 2.07. The van der Waals surface area contributed by atoms with Gasteiger partial charge in [0, 0.05) is 35.4 Å². The maximum absolute atomic E-state index is 4.65. The molecule has 0 aliphatic heterocycles. The Balaban J connectivity index is 1.39. The Hall–Kier alpha value is -4.06. The highest BCUT2D eigenvalue weighted by Crippen LogP contribution is 2.24. The number of aromatic amines is 1. The highest BCUT2D eigenvalue weighted by atomic mass is 15.1. The zero-order chi connectivity index (χ0) is 18.8. The van der Waals surface area contributed by atoms with Gasteiger partial charge in [-0.05, 0) is 36.4 Å². The molecule has 134 valence electrons. The fraction of sp³-hybridized carbons (Fsp3) is 0. The van der Waals surface area contributed by atoms with Gasteiger partial charge >= 0.3 is 0 Å². The Labute approximate surface area is 161 Å². The Morgan fingerprint density at radius 3 is 2.43 bits per heavy atom. The minimum atomic E-state index is 0.529. The molecular weight excluding hydrogens is 348 g/mol. The van der Waals surface area contributed by atoms with E-state index in [9.17, 15) is 0 Å². The first-order valence-corrected chi connectivity index (χ1v) is 8.91. The molecule has 0 radical (unpaired) electrons. The van der Waals surface area contributed by atoms with Crippen LogP contribution in [0.5, 0.6) is 0 Å². The fourth-order valence-electron chi connectivity index (χ4n) is 3.02. The van der Waals surface area contributed by atoms with E-state index in [2.05, 4.69) is 30.2 Å². The van der Waals surface area contributed by atoms with Crippen LogP contribution in [-0.2, 0) is 0 Å². The number of anilines is 2. The molecule has 0 fully saturated rings. The lowest BCUT2D eigenvalue weighted by molar-refractivity contribution is 1.16. The Bertz CT molecular complexity index is 1200. The summed E-state index contributed by atoms with van der Waals surface area (Å²) in [7, 11) is 0. The molecule has 0 bridgehead atoms. The van der Waals surface area contributed by atoms with Crippen molar-refractivity contribution in [3.8, 4) is 22.6 Å². The minimum Gasteiger partial charge on any atom is -0.338 e. The fourth-order valence-corrected chi connectivity index (χ4v) is 3.02. The molecule has 2 N–H and O–H groups in total. The molecular formula is C22H16N6. The molecule has 5 rings (SSSR count). The van der Waals surface area contributed by atoms with E-state index in [1.165, 1.54) is 0 Å². The monoisotopic (exact) mass is 364 g/mol. The van der Waals surface area contributed by atoms with Crippen LogP contribution in [-0.4, -0.2) is 24.9 Å². The number of nitrogens with one attached hydrogen (secondary N) is 2. The van der Waals surface area contributed by atoms with Crippen LogP contribution < -0.4 is 5.32 Å². The molecule has 6 heteroatoms. The summed E-state index contributed by atoms with van der Waals surface area (Å²) in [5, 5.41) is 3.24. The van der Waals surface area contributed by atoms with Gasteiger partial charge in [0.05, 0.1) is 16.7 Å². The number of imidazole rings is 1. The second-order valence-electron chi connectivity index (χ2n) is 6.32. The maximum atomic E-state index is 4.65. The molecule has 0 amide bonds. The lowest BCUT2D eigenvalue weighted by atomic mass is 10.2. The zero-order valence-electron chi connectivity index (χ0n) is 14.9. The Morgan fingerprint density at radius 2 is 1.61 bits per heavy atom. The van der Waals surface area contributed by atoms with E-state index in [0.29, 0.717) is 5.95 Å². The molecule has 5 aromatic rings. The summed E-state index contributed by atoms with van der Waals surface area (Å²) in [6.45, 7) is 0. The van der Waals surface area contributed by atoms with Crippen molar-refractivity contribution in [1.82, 2.24) is 24.9 Å². The molecule has 0 saturated heterocycles. The van der Waals surface area contributed by atoms with E-state index >= 15 is 0 Å². The third kappa shape index (κ3) is 3.19. The van der Waals surface area contributed by atoms with Gasteiger partial charge < -0.3 is 10.3 Å². The number of rotatable bonds is 4.